The van der Waals surface area contributed by atoms with Gasteiger partial charge in [-0.3, -0.25) is 0 Å². The third kappa shape index (κ3) is 3.87. The van der Waals surface area contributed by atoms with Crippen molar-refractivity contribution in [1.82, 2.24) is 0 Å². The van der Waals surface area contributed by atoms with Gasteiger partial charge in [-0.2, -0.15) is 0 Å². The Morgan fingerprint density at radius 3 is 2.43 bits per heavy atom. The van der Waals surface area contributed by atoms with E-state index in [1.165, 1.54) is 15.6 Å². The van der Waals surface area contributed by atoms with Crippen LogP contribution in [0.1, 0.15) is 18.9 Å². The van der Waals surface area contributed by atoms with Gasteiger partial charge in [-0.1, -0.05) is 39.7 Å². The summed E-state index contributed by atoms with van der Waals surface area (Å²) >= 11 is 10.4. The highest BCUT2D eigenvalue weighted by atomic mass is 79.9. The minimum absolute atomic E-state index is 1.06. The molecule has 0 aliphatic rings. The molecule has 0 unspecified atom stereocenters. The molecule has 0 saturated carbocycles. The predicted octanol–water partition coefficient (Wildman–Crippen LogP) is 5.40. The van der Waals surface area contributed by atoms with Crippen LogP contribution in [0.4, 0.5) is 0 Å². The summed E-state index contributed by atoms with van der Waals surface area (Å²) in [5, 5.41) is 0. The van der Waals surface area contributed by atoms with Gasteiger partial charge >= 0.3 is 0 Å². The SMILES string of the molecule is CC(CCc1ccccc1Br)=C(Br)Br. The van der Waals surface area contributed by atoms with Gasteiger partial charge in [-0.05, 0) is 63.3 Å². The van der Waals surface area contributed by atoms with Crippen molar-refractivity contribution < 1.29 is 0 Å². The first-order valence-corrected chi connectivity index (χ1v) is 6.73. The maximum absolute atomic E-state index is 3.54. The summed E-state index contributed by atoms with van der Waals surface area (Å²) in [7, 11) is 0. The summed E-state index contributed by atoms with van der Waals surface area (Å²) < 4.78 is 2.26. The first kappa shape index (κ1) is 12.5. The molecule has 0 nitrogen and oxygen atoms in total. The largest absolute Gasteiger partial charge is 0.0619 e. The highest BCUT2D eigenvalue weighted by Crippen LogP contribution is 2.24. The van der Waals surface area contributed by atoms with Crippen LogP contribution >= 0.6 is 47.8 Å². The van der Waals surface area contributed by atoms with Crippen LogP contribution in [0.2, 0.25) is 0 Å². The number of allylic oxidation sites excluding steroid dienone is 1. The maximum Gasteiger partial charge on any atom is 0.0593 e. The van der Waals surface area contributed by atoms with Crippen molar-refractivity contribution in [2.75, 3.05) is 0 Å². The Morgan fingerprint density at radius 1 is 1.21 bits per heavy atom. The van der Waals surface area contributed by atoms with Crippen LogP contribution < -0.4 is 0 Å². The summed E-state index contributed by atoms with van der Waals surface area (Å²) in [4.78, 5) is 0. The number of hydrogen-bond donors (Lipinski definition) is 0. The molecule has 0 radical (unpaired) electrons. The second-order valence-corrected chi connectivity index (χ2v) is 6.64. The number of rotatable bonds is 3. The second-order valence-electron chi connectivity index (χ2n) is 3.13. The van der Waals surface area contributed by atoms with E-state index in [0.717, 1.165) is 16.2 Å². The van der Waals surface area contributed by atoms with Gasteiger partial charge < -0.3 is 0 Å². The third-order valence-corrected chi connectivity index (χ3v) is 4.18. The summed E-state index contributed by atoms with van der Waals surface area (Å²) in [6.07, 6.45) is 2.13. The van der Waals surface area contributed by atoms with Crippen molar-refractivity contribution in [3.8, 4) is 0 Å². The van der Waals surface area contributed by atoms with Crippen molar-refractivity contribution in [3.63, 3.8) is 0 Å². The summed E-state index contributed by atoms with van der Waals surface area (Å²) in [6.45, 7) is 2.12. The molecular formula is C11H11Br3. The monoisotopic (exact) mass is 380 g/mol. The zero-order valence-corrected chi connectivity index (χ0v) is 12.6. The van der Waals surface area contributed by atoms with E-state index >= 15 is 0 Å². The van der Waals surface area contributed by atoms with Crippen LogP contribution in [0.15, 0.2) is 37.7 Å². The Kier molecular flexibility index (Phi) is 5.42. The topological polar surface area (TPSA) is 0 Å². The lowest BCUT2D eigenvalue weighted by Gasteiger charge is -2.04. The first-order chi connectivity index (χ1) is 6.61. The first-order valence-electron chi connectivity index (χ1n) is 4.35. The lowest BCUT2D eigenvalue weighted by atomic mass is 10.1. The Balaban J connectivity index is 2.63. The van der Waals surface area contributed by atoms with Crippen molar-refractivity contribution in [3.05, 3.63) is 43.3 Å². The molecule has 0 heterocycles. The van der Waals surface area contributed by atoms with Crippen LogP contribution in [0.3, 0.4) is 0 Å². The Bertz CT molecular complexity index is 338. The van der Waals surface area contributed by atoms with E-state index in [1.54, 1.807) is 0 Å². The molecule has 0 aromatic heterocycles. The van der Waals surface area contributed by atoms with Crippen molar-refractivity contribution >= 4 is 47.8 Å². The van der Waals surface area contributed by atoms with Crippen LogP contribution in [0, 0.1) is 0 Å². The zero-order valence-electron chi connectivity index (χ0n) is 7.86. The normalized spacial score (nSPS) is 10.0. The van der Waals surface area contributed by atoms with Gasteiger partial charge in [0.2, 0.25) is 0 Å². The lowest BCUT2D eigenvalue weighted by Crippen LogP contribution is -1.88. The van der Waals surface area contributed by atoms with Crippen LogP contribution in [-0.4, -0.2) is 0 Å². The highest BCUT2D eigenvalue weighted by molar-refractivity contribution is 9.28. The van der Waals surface area contributed by atoms with E-state index in [9.17, 15) is 0 Å². The van der Waals surface area contributed by atoms with Gasteiger partial charge in [0.15, 0.2) is 0 Å². The molecular weight excluding hydrogens is 372 g/mol. The molecule has 0 atom stereocenters. The molecule has 76 valence electrons. The minimum atomic E-state index is 1.06. The minimum Gasteiger partial charge on any atom is -0.0619 e. The highest BCUT2D eigenvalue weighted by Gasteiger charge is 2.00. The van der Waals surface area contributed by atoms with Gasteiger partial charge in [-0.15, -0.1) is 0 Å². The predicted molar refractivity (Wildman–Crippen MR) is 73.0 cm³/mol. The molecule has 0 bridgehead atoms. The number of aryl methyl sites for hydroxylation is 1. The number of benzene rings is 1. The van der Waals surface area contributed by atoms with Gasteiger partial charge in [0.25, 0.3) is 0 Å². The molecule has 1 aromatic rings. The molecule has 0 aliphatic heterocycles. The van der Waals surface area contributed by atoms with Gasteiger partial charge in [-0.25, -0.2) is 0 Å². The molecule has 0 saturated heterocycles. The van der Waals surface area contributed by atoms with E-state index in [2.05, 4.69) is 72.9 Å². The zero-order chi connectivity index (χ0) is 10.6. The fraction of sp³-hybridized carbons (Fsp3) is 0.273. The van der Waals surface area contributed by atoms with E-state index in [0.29, 0.717) is 0 Å². The number of hydrogen-bond acceptors (Lipinski definition) is 0. The fourth-order valence-corrected chi connectivity index (χ4v) is 2.00. The van der Waals surface area contributed by atoms with Crippen molar-refractivity contribution in [2.24, 2.45) is 0 Å². The standard InChI is InChI=1S/C11H11Br3/c1-8(11(13)14)6-7-9-4-2-3-5-10(9)12/h2-5H,6-7H2,1H3. The lowest BCUT2D eigenvalue weighted by molar-refractivity contribution is 0.938. The van der Waals surface area contributed by atoms with Crippen molar-refractivity contribution in [2.45, 2.75) is 19.8 Å². The average molecular weight is 383 g/mol. The molecule has 14 heavy (non-hydrogen) atoms. The molecule has 1 aromatic carbocycles. The second kappa shape index (κ2) is 6.09. The molecule has 0 N–H and O–H groups in total. The maximum atomic E-state index is 3.54. The summed E-state index contributed by atoms with van der Waals surface area (Å²) in [6, 6.07) is 8.34. The molecule has 1 rings (SSSR count). The fourth-order valence-electron chi connectivity index (χ4n) is 1.12. The summed E-state index contributed by atoms with van der Waals surface area (Å²) in [5.41, 5.74) is 2.69. The van der Waals surface area contributed by atoms with E-state index in [-0.39, 0.29) is 0 Å². The average Bonchev–Trinajstić information content (AvgIpc) is 2.16. The molecule has 0 fully saturated rings. The van der Waals surface area contributed by atoms with Crippen molar-refractivity contribution in [1.29, 1.82) is 0 Å². The Morgan fingerprint density at radius 2 is 1.86 bits per heavy atom. The van der Waals surface area contributed by atoms with Gasteiger partial charge in [0.05, 0.1) is 3.39 Å². The summed E-state index contributed by atoms with van der Waals surface area (Å²) in [5.74, 6) is 0. The van der Waals surface area contributed by atoms with E-state index < -0.39 is 0 Å². The van der Waals surface area contributed by atoms with E-state index in [4.69, 9.17) is 0 Å². The van der Waals surface area contributed by atoms with E-state index in [1.807, 2.05) is 6.07 Å². The molecule has 0 aliphatic carbocycles. The van der Waals surface area contributed by atoms with Crippen LogP contribution in [0.25, 0.3) is 0 Å². The smallest absolute Gasteiger partial charge is 0.0593 e. The van der Waals surface area contributed by atoms with Gasteiger partial charge in [0, 0.05) is 4.47 Å². The third-order valence-electron chi connectivity index (χ3n) is 2.05. The van der Waals surface area contributed by atoms with Crippen LogP contribution in [0.5, 0.6) is 0 Å². The Hall–Kier alpha value is 0.400. The molecule has 3 heteroatoms. The quantitative estimate of drug-likeness (QED) is 0.656. The Labute approximate surface area is 110 Å². The van der Waals surface area contributed by atoms with Crippen LogP contribution in [-0.2, 0) is 6.42 Å². The number of halogens is 3. The molecule has 0 amide bonds. The molecule has 0 spiro atoms. The van der Waals surface area contributed by atoms with Gasteiger partial charge in [0.1, 0.15) is 0 Å².